The SMILES string of the molecule is O=S(=O)(N(F)CCCCO)C(F)(F)C(F)(F)C(F)(F)C(F)(F)C(F)(F)C(F)(F)C(F)(F)C(F)(F)F. The number of nitrogens with zero attached hydrogens (tertiary/aromatic N) is 1. The van der Waals surface area contributed by atoms with Crippen LogP contribution in [0.5, 0.6) is 0 Å². The maximum Gasteiger partial charge on any atom is 0.460 e. The van der Waals surface area contributed by atoms with Gasteiger partial charge in [-0.2, -0.15) is 74.6 Å². The fraction of sp³-hybridized carbons (Fsp3) is 1.00. The number of rotatable bonds is 12. The Bertz CT molecular complexity index is 851. The number of hydrogen-bond acceptors (Lipinski definition) is 3. The van der Waals surface area contributed by atoms with Gasteiger partial charge in [-0.3, -0.25) is 0 Å². The highest BCUT2D eigenvalue weighted by atomic mass is 32.2. The number of aliphatic hydroxyl groups is 1. The third-order valence-electron chi connectivity index (χ3n) is 4.02. The number of hydrogen-bond donors (Lipinski definition) is 1. The Hall–Kier alpha value is -1.39. The molecule has 0 saturated heterocycles. The van der Waals surface area contributed by atoms with E-state index in [1.54, 1.807) is 0 Å². The second-order valence-corrected chi connectivity index (χ2v) is 8.27. The van der Waals surface area contributed by atoms with Crippen molar-refractivity contribution in [2.45, 2.75) is 59.8 Å². The van der Waals surface area contributed by atoms with E-state index in [-0.39, 0.29) is 0 Å². The van der Waals surface area contributed by atoms with Crippen LogP contribution < -0.4 is 0 Å². The van der Waals surface area contributed by atoms with Crippen LogP contribution in [0.1, 0.15) is 12.8 Å². The minimum Gasteiger partial charge on any atom is -0.396 e. The van der Waals surface area contributed by atoms with Gasteiger partial charge in [-0.1, -0.05) is 0 Å². The summed E-state index contributed by atoms with van der Waals surface area (Å²) >= 11 is 0. The predicted octanol–water partition coefficient (Wildman–Crippen LogP) is 5.24. The summed E-state index contributed by atoms with van der Waals surface area (Å²) in [6.45, 7) is -2.92. The number of unbranched alkanes of at least 4 members (excludes halogenated alkanes) is 1. The standard InChI is InChI=1S/C12H9F18NO3S/c13-5(14,7(17,18)9(21,22)11(25,26)27)6(15,16)8(19,20)10(23,24)12(28,29)35(33,34)31(30)3-1-2-4-32/h32H,1-4H2. The van der Waals surface area contributed by atoms with Crippen molar-refractivity contribution in [3.63, 3.8) is 0 Å². The Balaban J connectivity index is 6.80. The van der Waals surface area contributed by atoms with Crippen LogP contribution in [0.3, 0.4) is 0 Å². The molecule has 0 fully saturated rings. The lowest BCUT2D eigenvalue weighted by atomic mass is 9.91. The summed E-state index contributed by atoms with van der Waals surface area (Å²) in [5.41, 5.74) is 0. The average Bonchev–Trinajstić information content (AvgIpc) is 2.65. The maximum atomic E-state index is 13.6. The highest BCUT2D eigenvalue weighted by Gasteiger charge is 2.96. The van der Waals surface area contributed by atoms with E-state index in [9.17, 15) is 87.5 Å². The summed E-state index contributed by atoms with van der Waals surface area (Å²) in [5.74, 6) is -52.4. The van der Waals surface area contributed by atoms with Gasteiger partial charge < -0.3 is 5.11 Å². The molecule has 0 aromatic rings. The molecule has 0 atom stereocenters. The molecule has 23 heteroatoms. The van der Waals surface area contributed by atoms with Gasteiger partial charge in [0, 0.05) is 13.2 Å². The first-order chi connectivity index (χ1) is 15.0. The molecule has 0 amide bonds. The van der Waals surface area contributed by atoms with Crippen LogP contribution in [0.2, 0.25) is 0 Å². The van der Waals surface area contributed by atoms with Crippen molar-refractivity contribution in [2.75, 3.05) is 13.2 Å². The summed E-state index contributed by atoms with van der Waals surface area (Å²) in [4.78, 5) is 0. The molecule has 0 rings (SSSR count). The number of aliphatic hydroxyl groups excluding tert-OH is 1. The first-order valence-corrected chi connectivity index (χ1v) is 9.42. The topological polar surface area (TPSA) is 57.6 Å². The number of alkyl halides is 17. The molecule has 1 N–H and O–H groups in total. The van der Waals surface area contributed by atoms with Gasteiger partial charge in [-0.15, -0.1) is 4.48 Å². The fourth-order valence-electron chi connectivity index (χ4n) is 1.90. The van der Waals surface area contributed by atoms with Gasteiger partial charge in [0.25, 0.3) is 0 Å². The largest absolute Gasteiger partial charge is 0.460 e. The van der Waals surface area contributed by atoms with Crippen LogP contribution in [-0.2, 0) is 10.0 Å². The Morgan fingerprint density at radius 2 is 0.857 bits per heavy atom. The Morgan fingerprint density at radius 3 is 1.17 bits per heavy atom. The van der Waals surface area contributed by atoms with Gasteiger partial charge in [0.05, 0.1) is 0 Å². The highest BCUT2D eigenvalue weighted by molar-refractivity contribution is 7.90. The molecule has 0 aliphatic rings. The molecule has 4 nitrogen and oxygen atoms in total. The molecule has 212 valence electrons. The third kappa shape index (κ3) is 4.59. The van der Waals surface area contributed by atoms with E-state index in [2.05, 4.69) is 0 Å². The summed E-state index contributed by atoms with van der Waals surface area (Å²) in [6, 6.07) is 0. The molecular weight excluding hydrogens is 580 g/mol. The summed E-state index contributed by atoms with van der Waals surface area (Å²) in [6.07, 6.45) is -9.65. The zero-order valence-corrected chi connectivity index (χ0v) is 16.6. The van der Waals surface area contributed by atoms with Crippen LogP contribution >= 0.6 is 0 Å². The molecule has 0 radical (unpaired) electrons. The molecule has 0 spiro atoms. The Labute approximate surface area is 181 Å². The molecule has 0 aromatic heterocycles. The normalized spacial score (nSPS) is 16.2. The van der Waals surface area contributed by atoms with Crippen molar-refractivity contribution < 1.29 is 92.6 Å². The molecular formula is C12H9F18NO3S. The van der Waals surface area contributed by atoms with Gasteiger partial charge in [-0.05, 0) is 17.4 Å². The van der Waals surface area contributed by atoms with Crippen LogP contribution in [0.15, 0.2) is 0 Å². The van der Waals surface area contributed by atoms with Gasteiger partial charge in [0.2, 0.25) is 0 Å². The first-order valence-electron chi connectivity index (χ1n) is 7.98. The van der Waals surface area contributed by atoms with E-state index in [1.807, 2.05) is 0 Å². The van der Waals surface area contributed by atoms with Crippen molar-refractivity contribution in [3.05, 3.63) is 0 Å². The van der Waals surface area contributed by atoms with Crippen LogP contribution in [0.4, 0.5) is 79.1 Å². The zero-order chi connectivity index (χ0) is 28.9. The first kappa shape index (κ1) is 33.6. The second-order valence-electron chi connectivity index (χ2n) is 6.41. The van der Waals surface area contributed by atoms with Gasteiger partial charge in [0.15, 0.2) is 0 Å². The highest BCUT2D eigenvalue weighted by Crippen LogP contribution is 2.64. The Kier molecular flexibility index (Phi) is 8.81. The summed E-state index contributed by atoms with van der Waals surface area (Å²) < 4.78 is 255. The van der Waals surface area contributed by atoms with Crippen molar-refractivity contribution >= 4 is 10.0 Å². The molecule has 0 saturated carbocycles. The second kappa shape index (κ2) is 9.17. The molecule has 0 aromatic carbocycles. The average molecular weight is 589 g/mol. The zero-order valence-electron chi connectivity index (χ0n) is 15.8. The smallest absolute Gasteiger partial charge is 0.396 e. The molecule has 0 heterocycles. The van der Waals surface area contributed by atoms with Crippen molar-refractivity contribution in [1.29, 1.82) is 0 Å². The lowest BCUT2D eigenvalue weighted by Crippen LogP contribution is -2.75. The molecule has 0 aliphatic heterocycles. The van der Waals surface area contributed by atoms with Gasteiger partial charge >= 0.3 is 57.0 Å². The van der Waals surface area contributed by atoms with Crippen LogP contribution in [0, 0.1) is 0 Å². The van der Waals surface area contributed by atoms with E-state index in [1.165, 1.54) is 0 Å². The van der Waals surface area contributed by atoms with Crippen molar-refractivity contribution in [2.24, 2.45) is 0 Å². The van der Waals surface area contributed by atoms with E-state index < -0.39 is 87.5 Å². The van der Waals surface area contributed by atoms with E-state index in [0.717, 1.165) is 0 Å². The predicted molar refractivity (Wildman–Crippen MR) is 73.7 cm³/mol. The summed E-state index contributed by atoms with van der Waals surface area (Å²) in [5, 5.41) is 0.388. The quantitative estimate of drug-likeness (QED) is 0.193. The van der Waals surface area contributed by atoms with E-state index in [0.29, 0.717) is 0 Å². The lowest BCUT2D eigenvalue weighted by molar-refractivity contribution is -0.458. The van der Waals surface area contributed by atoms with Crippen molar-refractivity contribution in [3.8, 4) is 0 Å². The van der Waals surface area contributed by atoms with Gasteiger partial charge in [0.1, 0.15) is 0 Å². The minimum absolute atomic E-state index is 0.680. The lowest BCUT2D eigenvalue weighted by Gasteiger charge is -2.42. The number of sulfonamides is 1. The van der Waals surface area contributed by atoms with Gasteiger partial charge in [-0.25, -0.2) is 8.42 Å². The Morgan fingerprint density at radius 1 is 0.543 bits per heavy atom. The molecule has 0 aliphatic carbocycles. The van der Waals surface area contributed by atoms with E-state index >= 15 is 0 Å². The summed E-state index contributed by atoms with van der Waals surface area (Å²) in [7, 11) is -7.92. The monoisotopic (exact) mass is 589 g/mol. The molecule has 35 heavy (non-hydrogen) atoms. The molecule has 0 bridgehead atoms. The van der Waals surface area contributed by atoms with Crippen molar-refractivity contribution in [1.82, 2.24) is 4.53 Å². The van der Waals surface area contributed by atoms with E-state index in [4.69, 9.17) is 5.11 Å². The maximum absolute atomic E-state index is 13.6. The third-order valence-corrected chi connectivity index (χ3v) is 5.63. The number of halogens is 18. The minimum atomic E-state index is -8.97. The van der Waals surface area contributed by atoms with Crippen LogP contribution in [0.25, 0.3) is 0 Å². The fourth-order valence-corrected chi connectivity index (χ4v) is 2.97. The molecule has 0 unspecified atom stereocenters. The van der Waals surface area contributed by atoms with Crippen LogP contribution in [-0.4, -0.2) is 78.2 Å².